The van der Waals surface area contributed by atoms with Crippen molar-refractivity contribution in [2.24, 2.45) is 0 Å². The monoisotopic (exact) mass is 287 g/mol. The predicted molar refractivity (Wildman–Crippen MR) is 83.7 cm³/mol. The summed E-state index contributed by atoms with van der Waals surface area (Å²) in [7, 11) is 1.78. The van der Waals surface area contributed by atoms with E-state index in [2.05, 4.69) is 39.0 Å². The van der Waals surface area contributed by atoms with Crippen molar-refractivity contribution in [3.63, 3.8) is 0 Å². The average Bonchev–Trinajstić information content (AvgIpc) is 2.55. The van der Waals surface area contributed by atoms with Gasteiger partial charge < -0.3 is 15.0 Å². The molecule has 1 aromatic carbocycles. The number of anilines is 2. The summed E-state index contributed by atoms with van der Waals surface area (Å²) in [6, 6.07) is 10.3. The third-order valence-electron chi connectivity index (χ3n) is 3.08. The van der Waals surface area contributed by atoms with Crippen LogP contribution in [0, 0.1) is 0 Å². The minimum absolute atomic E-state index is 0.333. The Morgan fingerprint density at radius 2 is 1.76 bits per heavy atom. The Morgan fingerprint density at radius 3 is 2.38 bits per heavy atom. The van der Waals surface area contributed by atoms with E-state index < -0.39 is 0 Å². The molecule has 0 aliphatic carbocycles. The molecule has 0 saturated carbocycles. The fourth-order valence-corrected chi connectivity index (χ4v) is 1.89. The van der Waals surface area contributed by atoms with Crippen LogP contribution >= 0.6 is 0 Å². The number of hydrogen-bond donors (Lipinski definition) is 1. The summed E-state index contributed by atoms with van der Waals surface area (Å²) in [5.41, 5.74) is 1.08. The molecule has 1 N–H and O–H groups in total. The Morgan fingerprint density at radius 1 is 1.05 bits per heavy atom. The molecule has 2 rings (SSSR count). The summed E-state index contributed by atoms with van der Waals surface area (Å²) in [4.78, 5) is 15.0. The van der Waals surface area contributed by atoms with Crippen molar-refractivity contribution in [3.8, 4) is 6.01 Å². The highest BCUT2D eigenvalue weighted by Gasteiger charge is 2.11. The van der Waals surface area contributed by atoms with E-state index >= 15 is 0 Å². The highest BCUT2D eigenvalue weighted by Crippen LogP contribution is 2.15. The van der Waals surface area contributed by atoms with Gasteiger partial charge in [-0.2, -0.15) is 15.0 Å². The second-order valence-corrected chi connectivity index (χ2v) is 4.44. The minimum Gasteiger partial charge on any atom is -0.458 e. The molecule has 0 amide bonds. The van der Waals surface area contributed by atoms with Crippen molar-refractivity contribution in [2.45, 2.75) is 20.5 Å². The van der Waals surface area contributed by atoms with Crippen molar-refractivity contribution in [3.05, 3.63) is 35.9 Å². The fourth-order valence-electron chi connectivity index (χ4n) is 1.89. The number of aromatic nitrogens is 3. The molecule has 0 bridgehead atoms. The van der Waals surface area contributed by atoms with Crippen molar-refractivity contribution >= 4 is 11.9 Å². The smallest absolute Gasteiger partial charge is 0.323 e. The first kappa shape index (κ1) is 15.0. The van der Waals surface area contributed by atoms with Crippen LogP contribution in [0.4, 0.5) is 11.9 Å². The molecule has 112 valence electrons. The first-order chi connectivity index (χ1) is 10.3. The molecule has 21 heavy (non-hydrogen) atoms. The zero-order valence-corrected chi connectivity index (χ0v) is 12.7. The molecule has 1 aromatic heterocycles. The van der Waals surface area contributed by atoms with Gasteiger partial charge in [-0.05, 0) is 19.4 Å². The molecule has 6 heteroatoms. The van der Waals surface area contributed by atoms with Crippen molar-refractivity contribution in [2.75, 3.05) is 30.4 Å². The van der Waals surface area contributed by atoms with E-state index in [1.54, 1.807) is 7.05 Å². The van der Waals surface area contributed by atoms with Crippen LogP contribution in [0.3, 0.4) is 0 Å². The van der Waals surface area contributed by atoms with Crippen LogP contribution in [0.25, 0.3) is 0 Å². The molecular formula is C15H21N5O. The SMILES string of the molecule is CCN(CC)c1nc(NC)nc(OCc2ccccc2)n1. The Hall–Kier alpha value is -2.37. The van der Waals surface area contributed by atoms with Crippen LogP contribution in [0.15, 0.2) is 30.3 Å². The molecule has 0 spiro atoms. The van der Waals surface area contributed by atoms with Gasteiger partial charge in [0.1, 0.15) is 6.61 Å². The molecule has 0 radical (unpaired) electrons. The number of benzene rings is 1. The van der Waals surface area contributed by atoms with Crippen LogP contribution in [0.1, 0.15) is 19.4 Å². The summed E-state index contributed by atoms with van der Waals surface area (Å²) >= 11 is 0. The van der Waals surface area contributed by atoms with E-state index in [-0.39, 0.29) is 0 Å². The van der Waals surface area contributed by atoms with Crippen LogP contribution in [0.2, 0.25) is 0 Å². The van der Waals surface area contributed by atoms with Crippen molar-refractivity contribution < 1.29 is 4.74 Å². The number of ether oxygens (including phenoxy) is 1. The lowest BCUT2D eigenvalue weighted by Gasteiger charge is -2.19. The lowest BCUT2D eigenvalue weighted by atomic mass is 10.2. The van der Waals surface area contributed by atoms with Gasteiger partial charge in [0.15, 0.2) is 0 Å². The Bertz CT molecular complexity index is 557. The van der Waals surface area contributed by atoms with Gasteiger partial charge in [0.25, 0.3) is 0 Å². The molecule has 6 nitrogen and oxygen atoms in total. The van der Waals surface area contributed by atoms with E-state index in [1.807, 2.05) is 30.3 Å². The molecule has 2 aromatic rings. The maximum atomic E-state index is 5.69. The number of nitrogens with one attached hydrogen (secondary N) is 1. The first-order valence-corrected chi connectivity index (χ1v) is 7.12. The lowest BCUT2D eigenvalue weighted by Crippen LogP contribution is -2.25. The predicted octanol–water partition coefficient (Wildman–Crippen LogP) is 2.34. The fraction of sp³-hybridized carbons (Fsp3) is 0.400. The van der Waals surface area contributed by atoms with E-state index in [4.69, 9.17) is 4.74 Å². The largest absolute Gasteiger partial charge is 0.458 e. The molecule has 0 aliphatic heterocycles. The Labute approximate surface area is 125 Å². The summed E-state index contributed by atoms with van der Waals surface area (Å²) in [5, 5.41) is 2.94. The number of nitrogens with zero attached hydrogens (tertiary/aromatic N) is 4. The van der Waals surface area contributed by atoms with Crippen LogP contribution in [0.5, 0.6) is 6.01 Å². The standard InChI is InChI=1S/C15H21N5O/c1-4-20(5-2)14-17-13(16-3)18-15(19-14)21-11-12-9-7-6-8-10-12/h6-10H,4-5,11H2,1-3H3,(H,16,17,18,19). The Kier molecular flexibility index (Phi) is 5.31. The second kappa shape index (κ2) is 7.42. The molecule has 1 heterocycles. The minimum atomic E-state index is 0.333. The molecule has 0 atom stereocenters. The molecular weight excluding hydrogens is 266 g/mol. The highest BCUT2D eigenvalue weighted by atomic mass is 16.5. The van der Waals surface area contributed by atoms with Gasteiger partial charge in [-0.15, -0.1) is 0 Å². The molecule has 0 fully saturated rings. The number of rotatable bonds is 7. The normalized spacial score (nSPS) is 10.2. The van der Waals surface area contributed by atoms with Gasteiger partial charge in [0, 0.05) is 20.1 Å². The van der Waals surface area contributed by atoms with Gasteiger partial charge in [-0.3, -0.25) is 0 Å². The maximum absolute atomic E-state index is 5.69. The van der Waals surface area contributed by atoms with Gasteiger partial charge in [0.2, 0.25) is 11.9 Å². The second-order valence-electron chi connectivity index (χ2n) is 4.44. The molecule has 0 unspecified atom stereocenters. The highest BCUT2D eigenvalue weighted by molar-refractivity contribution is 5.37. The maximum Gasteiger partial charge on any atom is 0.323 e. The van der Waals surface area contributed by atoms with E-state index in [0.29, 0.717) is 24.5 Å². The van der Waals surface area contributed by atoms with Crippen LogP contribution in [-0.2, 0) is 6.61 Å². The van der Waals surface area contributed by atoms with Crippen molar-refractivity contribution in [1.29, 1.82) is 0 Å². The van der Waals surface area contributed by atoms with Gasteiger partial charge in [0.05, 0.1) is 0 Å². The third kappa shape index (κ3) is 4.05. The quantitative estimate of drug-likeness (QED) is 0.843. The van der Waals surface area contributed by atoms with Crippen LogP contribution < -0.4 is 15.0 Å². The Balaban J connectivity index is 2.16. The van der Waals surface area contributed by atoms with E-state index in [0.717, 1.165) is 18.7 Å². The van der Waals surface area contributed by atoms with Crippen molar-refractivity contribution in [1.82, 2.24) is 15.0 Å². The summed E-state index contributed by atoms with van der Waals surface area (Å²) < 4.78 is 5.69. The lowest BCUT2D eigenvalue weighted by molar-refractivity contribution is 0.280. The summed E-state index contributed by atoms with van der Waals surface area (Å²) in [6.07, 6.45) is 0. The molecule has 0 aliphatic rings. The first-order valence-electron chi connectivity index (χ1n) is 7.12. The average molecular weight is 287 g/mol. The summed E-state index contributed by atoms with van der Waals surface area (Å²) in [5.74, 6) is 1.14. The zero-order valence-electron chi connectivity index (χ0n) is 12.7. The third-order valence-corrected chi connectivity index (χ3v) is 3.08. The van der Waals surface area contributed by atoms with E-state index in [1.165, 1.54) is 0 Å². The van der Waals surface area contributed by atoms with E-state index in [9.17, 15) is 0 Å². The topological polar surface area (TPSA) is 63.2 Å². The van der Waals surface area contributed by atoms with Gasteiger partial charge in [-0.1, -0.05) is 30.3 Å². The zero-order chi connectivity index (χ0) is 15.1. The van der Waals surface area contributed by atoms with Gasteiger partial charge in [-0.25, -0.2) is 0 Å². The van der Waals surface area contributed by atoms with Gasteiger partial charge >= 0.3 is 6.01 Å². The van der Waals surface area contributed by atoms with Crippen LogP contribution in [-0.4, -0.2) is 35.1 Å². The summed E-state index contributed by atoms with van der Waals surface area (Å²) in [6.45, 7) is 6.24. The number of hydrogen-bond acceptors (Lipinski definition) is 6. The molecule has 0 saturated heterocycles.